The molecule has 1 rings (SSSR count). The van der Waals surface area contributed by atoms with Gasteiger partial charge in [-0.3, -0.25) is 4.79 Å². The SMILES string of the molecule is O=C(O)[C@@H](CC(F)(F)F)c1cccc(Br)c1. The van der Waals surface area contributed by atoms with Crippen molar-refractivity contribution in [3.05, 3.63) is 34.3 Å². The topological polar surface area (TPSA) is 37.3 Å². The summed E-state index contributed by atoms with van der Waals surface area (Å²) in [6, 6.07) is 5.88. The number of carbonyl (C=O) groups is 1. The fourth-order valence-corrected chi connectivity index (χ4v) is 1.72. The second-order valence-electron chi connectivity index (χ2n) is 3.27. The fourth-order valence-electron chi connectivity index (χ4n) is 1.30. The quantitative estimate of drug-likeness (QED) is 0.926. The van der Waals surface area contributed by atoms with Crippen LogP contribution in [0.25, 0.3) is 0 Å². The largest absolute Gasteiger partial charge is 0.481 e. The summed E-state index contributed by atoms with van der Waals surface area (Å²) < 4.78 is 37.1. The number of carboxylic acid groups (broad SMARTS) is 1. The molecular formula is C10H8BrF3O2. The number of halogens is 4. The van der Waals surface area contributed by atoms with Gasteiger partial charge in [0.15, 0.2) is 0 Å². The molecule has 1 aromatic carbocycles. The third-order valence-electron chi connectivity index (χ3n) is 1.98. The Bertz CT molecular complexity index is 390. The van der Waals surface area contributed by atoms with E-state index in [1.54, 1.807) is 6.07 Å². The Morgan fingerprint density at radius 2 is 2.06 bits per heavy atom. The molecule has 6 heteroatoms. The predicted molar refractivity (Wildman–Crippen MR) is 55.2 cm³/mol. The van der Waals surface area contributed by atoms with Crippen LogP contribution in [0, 0.1) is 0 Å². The Morgan fingerprint density at radius 1 is 1.44 bits per heavy atom. The van der Waals surface area contributed by atoms with E-state index in [2.05, 4.69) is 15.9 Å². The predicted octanol–water partition coefficient (Wildman–Crippen LogP) is 3.57. The minimum atomic E-state index is -4.49. The summed E-state index contributed by atoms with van der Waals surface area (Å²) in [6.07, 6.45) is -5.86. The van der Waals surface area contributed by atoms with Crippen molar-refractivity contribution in [1.82, 2.24) is 0 Å². The molecule has 0 spiro atoms. The van der Waals surface area contributed by atoms with Crippen LogP contribution in [0.3, 0.4) is 0 Å². The van der Waals surface area contributed by atoms with Gasteiger partial charge in [0.1, 0.15) is 0 Å². The van der Waals surface area contributed by atoms with Crippen LogP contribution in [0.1, 0.15) is 17.9 Å². The Morgan fingerprint density at radius 3 is 2.50 bits per heavy atom. The molecule has 88 valence electrons. The van der Waals surface area contributed by atoms with Crippen LogP contribution < -0.4 is 0 Å². The molecule has 0 saturated carbocycles. The lowest BCUT2D eigenvalue weighted by atomic mass is 9.96. The van der Waals surface area contributed by atoms with E-state index in [0.717, 1.165) is 0 Å². The van der Waals surface area contributed by atoms with Crippen LogP contribution in [-0.4, -0.2) is 17.3 Å². The molecule has 0 radical (unpaired) electrons. The average Bonchev–Trinajstić information content (AvgIpc) is 2.12. The van der Waals surface area contributed by atoms with Crippen LogP contribution in [0.5, 0.6) is 0 Å². The van der Waals surface area contributed by atoms with Crippen LogP contribution in [0.4, 0.5) is 13.2 Å². The molecule has 0 aromatic heterocycles. The lowest BCUT2D eigenvalue weighted by molar-refractivity contribution is -0.157. The van der Waals surface area contributed by atoms with Crippen molar-refractivity contribution in [2.24, 2.45) is 0 Å². The zero-order valence-corrected chi connectivity index (χ0v) is 9.55. The van der Waals surface area contributed by atoms with Crippen molar-refractivity contribution < 1.29 is 23.1 Å². The zero-order chi connectivity index (χ0) is 12.3. The monoisotopic (exact) mass is 296 g/mol. The van der Waals surface area contributed by atoms with Gasteiger partial charge in [0.25, 0.3) is 0 Å². The molecule has 0 fully saturated rings. The highest BCUT2D eigenvalue weighted by Gasteiger charge is 2.36. The first-order valence-electron chi connectivity index (χ1n) is 4.34. The number of hydrogen-bond donors (Lipinski definition) is 1. The number of rotatable bonds is 3. The molecule has 0 bridgehead atoms. The summed E-state index contributed by atoms with van der Waals surface area (Å²) in [6.45, 7) is 0. The molecule has 0 heterocycles. The Hall–Kier alpha value is -1.04. The standard InChI is InChI=1S/C10H8BrF3O2/c11-7-3-1-2-6(4-7)8(9(15)16)5-10(12,13)14/h1-4,8H,5H2,(H,15,16)/t8-/m0/s1. The second-order valence-corrected chi connectivity index (χ2v) is 4.18. The molecule has 0 aliphatic rings. The maximum atomic E-state index is 12.2. The van der Waals surface area contributed by atoms with Crippen molar-refractivity contribution in [2.75, 3.05) is 0 Å². The molecule has 0 aliphatic heterocycles. The minimum Gasteiger partial charge on any atom is -0.481 e. The summed E-state index contributed by atoms with van der Waals surface area (Å²) in [5.41, 5.74) is 0.138. The lowest BCUT2D eigenvalue weighted by Gasteiger charge is -2.15. The zero-order valence-electron chi connectivity index (χ0n) is 7.96. The van der Waals surface area contributed by atoms with E-state index in [9.17, 15) is 18.0 Å². The van der Waals surface area contributed by atoms with Gasteiger partial charge < -0.3 is 5.11 Å². The van der Waals surface area contributed by atoms with Crippen molar-refractivity contribution >= 4 is 21.9 Å². The highest BCUT2D eigenvalue weighted by atomic mass is 79.9. The first kappa shape index (κ1) is 13.0. The van der Waals surface area contributed by atoms with Crippen LogP contribution in [0.15, 0.2) is 28.7 Å². The maximum absolute atomic E-state index is 12.2. The van der Waals surface area contributed by atoms with E-state index >= 15 is 0 Å². The molecule has 0 saturated heterocycles. The molecular weight excluding hydrogens is 289 g/mol. The summed E-state index contributed by atoms with van der Waals surface area (Å²) in [5.74, 6) is -3.03. The normalized spacial score (nSPS) is 13.5. The number of carboxylic acids is 1. The van der Waals surface area contributed by atoms with Crippen LogP contribution in [0.2, 0.25) is 0 Å². The van der Waals surface area contributed by atoms with E-state index in [1.807, 2.05) is 0 Å². The van der Waals surface area contributed by atoms with E-state index in [1.165, 1.54) is 18.2 Å². The van der Waals surface area contributed by atoms with Gasteiger partial charge in [-0.05, 0) is 17.7 Å². The fraction of sp³-hybridized carbons (Fsp3) is 0.300. The van der Waals surface area contributed by atoms with Gasteiger partial charge in [-0.15, -0.1) is 0 Å². The van der Waals surface area contributed by atoms with Gasteiger partial charge in [-0.25, -0.2) is 0 Å². The molecule has 16 heavy (non-hydrogen) atoms. The van der Waals surface area contributed by atoms with E-state index in [0.29, 0.717) is 4.47 Å². The molecule has 0 aliphatic carbocycles. The van der Waals surface area contributed by atoms with Crippen molar-refractivity contribution in [3.63, 3.8) is 0 Å². The first-order chi connectivity index (χ1) is 7.29. The van der Waals surface area contributed by atoms with E-state index in [4.69, 9.17) is 5.11 Å². The van der Waals surface area contributed by atoms with Crippen LogP contribution in [-0.2, 0) is 4.79 Å². The third kappa shape index (κ3) is 3.84. The van der Waals surface area contributed by atoms with E-state index in [-0.39, 0.29) is 5.56 Å². The maximum Gasteiger partial charge on any atom is 0.390 e. The highest BCUT2D eigenvalue weighted by molar-refractivity contribution is 9.10. The van der Waals surface area contributed by atoms with Gasteiger partial charge in [0, 0.05) is 4.47 Å². The number of benzene rings is 1. The first-order valence-corrected chi connectivity index (χ1v) is 5.14. The van der Waals surface area contributed by atoms with Gasteiger partial charge >= 0.3 is 12.1 Å². The van der Waals surface area contributed by atoms with Crippen molar-refractivity contribution in [2.45, 2.75) is 18.5 Å². The summed E-state index contributed by atoms with van der Waals surface area (Å²) in [7, 11) is 0. The molecule has 1 N–H and O–H groups in total. The van der Waals surface area contributed by atoms with Gasteiger partial charge in [0.05, 0.1) is 12.3 Å². The minimum absolute atomic E-state index is 0.138. The molecule has 1 aromatic rings. The third-order valence-corrected chi connectivity index (χ3v) is 2.48. The second kappa shape index (κ2) is 4.86. The Kier molecular flexibility index (Phi) is 3.96. The summed E-state index contributed by atoms with van der Waals surface area (Å²) >= 11 is 3.09. The summed E-state index contributed by atoms with van der Waals surface area (Å²) in [4.78, 5) is 10.8. The molecule has 1 atom stereocenters. The molecule has 0 amide bonds. The van der Waals surface area contributed by atoms with Gasteiger partial charge in [-0.1, -0.05) is 28.1 Å². The smallest absolute Gasteiger partial charge is 0.390 e. The number of alkyl halides is 3. The highest BCUT2D eigenvalue weighted by Crippen LogP contribution is 2.32. The number of aliphatic carboxylic acids is 1. The molecule has 0 unspecified atom stereocenters. The molecule has 2 nitrogen and oxygen atoms in total. The van der Waals surface area contributed by atoms with Gasteiger partial charge in [0.2, 0.25) is 0 Å². The van der Waals surface area contributed by atoms with Gasteiger partial charge in [-0.2, -0.15) is 13.2 Å². The van der Waals surface area contributed by atoms with Crippen LogP contribution >= 0.6 is 15.9 Å². The van der Waals surface area contributed by atoms with Crippen molar-refractivity contribution in [1.29, 1.82) is 0 Å². The number of hydrogen-bond acceptors (Lipinski definition) is 1. The Labute approximate surface area is 98.2 Å². The summed E-state index contributed by atoms with van der Waals surface area (Å²) in [5, 5.41) is 8.77. The lowest BCUT2D eigenvalue weighted by Crippen LogP contribution is -2.20. The Balaban J connectivity index is 2.99. The van der Waals surface area contributed by atoms with E-state index < -0.39 is 24.5 Å². The average molecular weight is 297 g/mol. The van der Waals surface area contributed by atoms with Crippen molar-refractivity contribution in [3.8, 4) is 0 Å².